The van der Waals surface area contributed by atoms with Crippen LogP contribution in [-0.2, 0) is 10.0 Å². The Kier molecular flexibility index (Phi) is 3.96. The third kappa shape index (κ3) is 2.46. The Hall–Kier alpha value is 0.380. The normalized spacial score (nSPS) is 23.5. The minimum atomic E-state index is -3.36. The van der Waals surface area contributed by atoms with Gasteiger partial charge in [0, 0.05) is 22.9 Å². The van der Waals surface area contributed by atoms with Crippen LogP contribution >= 0.6 is 38.9 Å². The highest BCUT2D eigenvalue weighted by Crippen LogP contribution is 2.32. The third-order valence-electron chi connectivity index (χ3n) is 2.49. The largest absolute Gasteiger partial charge is 0.253 e. The van der Waals surface area contributed by atoms with Crippen molar-refractivity contribution in [2.75, 3.05) is 13.1 Å². The van der Waals surface area contributed by atoms with Crippen LogP contribution in [0.2, 0.25) is 0 Å². The summed E-state index contributed by atoms with van der Waals surface area (Å²) in [5.74, 6) is 0. The summed E-state index contributed by atoms with van der Waals surface area (Å²) >= 11 is 10.5. The van der Waals surface area contributed by atoms with E-state index in [1.54, 1.807) is 11.4 Å². The quantitative estimate of drug-likeness (QED) is 0.774. The Morgan fingerprint density at radius 1 is 1.56 bits per heavy atom. The Morgan fingerprint density at radius 2 is 2.31 bits per heavy atom. The summed E-state index contributed by atoms with van der Waals surface area (Å²) in [7, 11) is -3.36. The molecule has 0 radical (unpaired) electrons. The molecule has 90 valence electrons. The molecular formula is C9H11BrClNO2S2. The van der Waals surface area contributed by atoms with E-state index in [1.807, 2.05) is 0 Å². The fourth-order valence-electron chi connectivity index (χ4n) is 1.69. The molecule has 0 N–H and O–H groups in total. The van der Waals surface area contributed by atoms with Crippen LogP contribution in [0.3, 0.4) is 0 Å². The van der Waals surface area contributed by atoms with Gasteiger partial charge in [-0.3, -0.25) is 0 Å². The minimum absolute atomic E-state index is 0.0673. The standard InChI is InChI=1S/C9H11BrClNO2S2/c10-8-3-5-15-9(8)16(13,14)12-4-1-2-7(11)6-12/h3,5,7H,1-2,4,6H2. The molecule has 7 heteroatoms. The van der Waals surface area contributed by atoms with E-state index in [0.717, 1.165) is 12.8 Å². The Balaban J connectivity index is 2.29. The molecule has 2 rings (SSSR count). The predicted octanol–water partition coefficient (Wildman–Crippen LogP) is 2.90. The topological polar surface area (TPSA) is 37.4 Å². The summed E-state index contributed by atoms with van der Waals surface area (Å²) in [6.45, 7) is 0.976. The molecular weight excluding hydrogens is 334 g/mol. The number of alkyl halides is 1. The molecule has 1 fully saturated rings. The zero-order chi connectivity index (χ0) is 11.8. The number of sulfonamides is 1. The van der Waals surface area contributed by atoms with Gasteiger partial charge >= 0.3 is 0 Å². The number of piperidine rings is 1. The second-order valence-corrected chi connectivity index (χ2v) is 8.18. The molecule has 1 aromatic heterocycles. The molecule has 1 saturated heterocycles. The molecule has 0 aromatic carbocycles. The van der Waals surface area contributed by atoms with E-state index >= 15 is 0 Å². The molecule has 0 saturated carbocycles. The van der Waals surface area contributed by atoms with E-state index in [2.05, 4.69) is 15.9 Å². The zero-order valence-corrected chi connectivity index (χ0v) is 12.4. The average Bonchev–Trinajstić information content (AvgIpc) is 2.65. The van der Waals surface area contributed by atoms with Crippen molar-refractivity contribution >= 4 is 48.9 Å². The highest BCUT2D eigenvalue weighted by molar-refractivity contribution is 9.10. The van der Waals surface area contributed by atoms with Crippen molar-refractivity contribution < 1.29 is 8.42 Å². The summed E-state index contributed by atoms with van der Waals surface area (Å²) < 4.78 is 27.0. The predicted molar refractivity (Wildman–Crippen MR) is 69.7 cm³/mol. The second-order valence-electron chi connectivity index (χ2n) is 3.66. The molecule has 2 heterocycles. The van der Waals surface area contributed by atoms with E-state index in [-0.39, 0.29) is 5.38 Å². The number of thiophene rings is 1. The summed E-state index contributed by atoms with van der Waals surface area (Å²) in [6, 6.07) is 1.75. The monoisotopic (exact) mass is 343 g/mol. The fourth-order valence-corrected chi connectivity index (χ4v) is 6.07. The molecule has 0 spiro atoms. The average molecular weight is 345 g/mol. The summed E-state index contributed by atoms with van der Waals surface area (Å²) in [4.78, 5) is 0. The molecule has 1 aromatic rings. The Morgan fingerprint density at radius 3 is 2.88 bits per heavy atom. The Labute approximate surface area is 113 Å². The van der Waals surface area contributed by atoms with Gasteiger partial charge < -0.3 is 0 Å². The summed E-state index contributed by atoms with van der Waals surface area (Å²) in [6.07, 6.45) is 1.72. The lowest BCUT2D eigenvalue weighted by molar-refractivity contribution is 0.351. The van der Waals surface area contributed by atoms with Crippen molar-refractivity contribution in [3.63, 3.8) is 0 Å². The maximum absolute atomic E-state index is 12.3. The maximum Gasteiger partial charge on any atom is 0.253 e. The van der Waals surface area contributed by atoms with Crippen LogP contribution in [0.4, 0.5) is 0 Å². The van der Waals surface area contributed by atoms with Gasteiger partial charge in [0.2, 0.25) is 0 Å². The third-order valence-corrected chi connectivity index (χ3v) is 7.35. The molecule has 1 atom stereocenters. The highest BCUT2D eigenvalue weighted by atomic mass is 79.9. The van der Waals surface area contributed by atoms with Crippen LogP contribution in [0.15, 0.2) is 20.1 Å². The fraction of sp³-hybridized carbons (Fsp3) is 0.556. The summed E-state index contributed by atoms with van der Waals surface area (Å²) in [5.41, 5.74) is 0. The van der Waals surface area contributed by atoms with Crippen LogP contribution in [0.1, 0.15) is 12.8 Å². The van der Waals surface area contributed by atoms with Crippen molar-refractivity contribution in [2.24, 2.45) is 0 Å². The van der Waals surface area contributed by atoms with E-state index in [0.29, 0.717) is 21.8 Å². The van der Waals surface area contributed by atoms with Crippen LogP contribution in [0.5, 0.6) is 0 Å². The number of halogens is 2. The molecule has 0 bridgehead atoms. The van der Waals surface area contributed by atoms with E-state index in [1.165, 1.54) is 15.6 Å². The first kappa shape index (κ1) is 12.8. The number of nitrogens with zero attached hydrogens (tertiary/aromatic N) is 1. The SMILES string of the molecule is O=S(=O)(c1sccc1Br)N1CCCC(Cl)C1. The van der Waals surface area contributed by atoms with Gasteiger partial charge in [-0.05, 0) is 40.2 Å². The van der Waals surface area contributed by atoms with Gasteiger partial charge in [0.15, 0.2) is 0 Å². The van der Waals surface area contributed by atoms with Gasteiger partial charge in [-0.25, -0.2) is 8.42 Å². The Bertz CT molecular complexity index is 474. The van der Waals surface area contributed by atoms with E-state index in [9.17, 15) is 8.42 Å². The first-order valence-corrected chi connectivity index (χ1v) is 8.44. The molecule has 3 nitrogen and oxygen atoms in total. The van der Waals surface area contributed by atoms with Gasteiger partial charge in [-0.1, -0.05) is 0 Å². The lowest BCUT2D eigenvalue weighted by Gasteiger charge is -2.28. The summed E-state index contributed by atoms with van der Waals surface area (Å²) in [5, 5.41) is 1.70. The first-order chi connectivity index (χ1) is 7.51. The zero-order valence-electron chi connectivity index (χ0n) is 8.40. The number of hydrogen-bond donors (Lipinski definition) is 0. The van der Waals surface area contributed by atoms with Crippen molar-refractivity contribution in [3.05, 3.63) is 15.9 Å². The molecule has 16 heavy (non-hydrogen) atoms. The lowest BCUT2D eigenvalue weighted by Crippen LogP contribution is -2.40. The van der Waals surface area contributed by atoms with E-state index in [4.69, 9.17) is 11.6 Å². The maximum atomic E-state index is 12.3. The van der Waals surface area contributed by atoms with Gasteiger partial charge in [-0.2, -0.15) is 4.31 Å². The smallest absolute Gasteiger partial charge is 0.206 e. The number of rotatable bonds is 2. The van der Waals surface area contributed by atoms with Crippen molar-refractivity contribution in [1.29, 1.82) is 0 Å². The molecule has 1 aliphatic heterocycles. The van der Waals surface area contributed by atoms with Crippen LogP contribution in [-0.4, -0.2) is 31.2 Å². The lowest BCUT2D eigenvalue weighted by atomic mass is 10.2. The van der Waals surface area contributed by atoms with Crippen LogP contribution in [0, 0.1) is 0 Å². The van der Waals surface area contributed by atoms with E-state index < -0.39 is 10.0 Å². The highest BCUT2D eigenvalue weighted by Gasteiger charge is 2.31. The molecule has 1 unspecified atom stereocenters. The van der Waals surface area contributed by atoms with Crippen molar-refractivity contribution in [1.82, 2.24) is 4.31 Å². The molecule has 1 aliphatic rings. The van der Waals surface area contributed by atoms with Gasteiger partial charge in [0.05, 0.1) is 0 Å². The van der Waals surface area contributed by atoms with Gasteiger partial charge in [0.1, 0.15) is 4.21 Å². The second kappa shape index (κ2) is 4.94. The van der Waals surface area contributed by atoms with Gasteiger partial charge in [-0.15, -0.1) is 22.9 Å². The first-order valence-electron chi connectivity index (χ1n) is 4.89. The van der Waals surface area contributed by atoms with Crippen molar-refractivity contribution in [2.45, 2.75) is 22.4 Å². The van der Waals surface area contributed by atoms with Crippen LogP contribution < -0.4 is 0 Å². The van der Waals surface area contributed by atoms with Gasteiger partial charge in [0.25, 0.3) is 10.0 Å². The van der Waals surface area contributed by atoms with Crippen LogP contribution in [0.25, 0.3) is 0 Å². The van der Waals surface area contributed by atoms with Crippen molar-refractivity contribution in [3.8, 4) is 0 Å². The number of hydrogen-bond acceptors (Lipinski definition) is 3. The minimum Gasteiger partial charge on any atom is -0.206 e. The molecule has 0 amide bonds. The molecule has 0 aliphatic carbocycles.